The number of rotatable bonds is 4. The number of nitrogens with one attached hydrogen (secondary N) is 1. The van der Waals surface area contributed by atoms with Crippen molar-refractivity contribution < 1.29 is 4.74 Å². The van der Waals surface area contributed by atoms with E-state index in [0.717, 1.165) is 16.3 Å². The molecule has 0 spiro atoms. The van der Waals surface area contributed by atoms with Crippen molar-refractivity contribution in [2.45, 2.75) is 13.0 Å². The molecule has 3 nitrogen and oxygen atoms in total. The Morgan fingerprint density at radius 3 is 2.78 bits per heavy atom. The molecule has 94 valence electrons. The monoisotopic (exact) mass is 262 g/mol. The van der Waals surface area contributed by atoms with Gasteiger partial charge in [0.1, 0.15) is 0 Å². The van der Waals surface area contributed by atoms with Gasteiger partial charge < -0.3 is 10.1 Å². The maximum atomic E-state index is 6.17. The van der Waals surface area contributed by atoms with Gasteiger partial charge >= 0.3 is 0 Å². The van der Waals surface area contributed by atoms with Crippen LogP contribution < -0.4 is 10.1 Å². The zero-order chi connectivity index (χ0) is 13.0. The molecule has 1 unspecified atom stereocenters. The standard InChI is InChI=1S/C14H15ClN2O/c1-10(12-5-3-4-6-13(12)15)17-11-7-8-16-14(9-11)18-2/h3-10H,1-2H3,(H,16,17). The molecule has 1 atom stereocenters. The van der Waals surface area contributed by atoms with E-state index in [-0.39, 0.29) is 6.04 Å². The summed E-state index contributed by atoms with van der Waals surface area (Å²) in [5, 5.41) is 4.13. The van der Waals surface area contributed by atoms with Crippen LogP contribution in [0.15, 0.2) is 42.6 Å². The summed E-state index contributed by atoms with van der Waals surface area (Å²) in [6.07, 6.45) is 1.71. The van der Waals surface area contributed by atoms with E-state index >= 15 is 0 Å². The van der Waals surface area contributed by atoms with Crippen LogP contribution in [0.5, 0.6) is 5.88 Å². The quantitative estimate of drug-likeness (QED) is 0.907. The van der Waals surface area contributed by atoms with Crippen molar-refractivity contribution in [2.24, 2.45) is 0 Å². The fourth-order valence-electron chi connectivity index (χ4n) is 1.76. The predicted octanol–water partition coefficient (Wildman–Crippen LogP) is 3.92. The maximum absolute atomic E-state index is 6.17. The molecule has 4 heteroatoms. The molecule has 2 rings (SSSR count). The molecule has 0 aliphatic rings. The second-order valence-electron chi connectivity index (χ2n) is 3.97. The summed E-state index contributed by atoms with van der Waals surface area (Å²) >= 11 is 6.17. The van der Waals surface area contributed by atoms with Gasteiger partial charge in [-0.25, -0.2) is 4.98 Å². The molecule has 0 aliphatic heterocycles. The van der Waals surface area contributed by atoms with E-state index in [1.54, 1.807) is 13.3 Å². The molecule has 0 radical (unpaired) electrons. The van der Waals surface area contributed by atoms with Gasteiger partial charge in [0.2, 0.25) is 5.88 Å². The van der Waals surface area contributed by atoms with Gasteiger partial charge in [0.05, 0.1) is 7.11 Å². The van der Waals surface area contributed by atoms with Crippen molar-refractivity contribution >= 4 is 17.3 Å². The summed E-state index contributed by atoms with van der Waals surface area (Å²) in [5.74, 6) is 0.589. The summed E-state index contributed by atoms with van der Waals surface area (Å²) in [4.78, 5) is 4.07. The van der Waals surface area contributed by atoms with Crippen molar-refractivity contribution in [1.29, 1.82) is 0 Å². The zero-order valence-electron chi connectivity index (χ0n) is 10.4. The topological polar surface area (TPSA) is 34.1 Å². The molecular formula is C14H15ClN2O. The van der Waals surface area contributed by atoms with Gasteiger partial charge in [0.15, 0.2) is 0 Å². The van der Waals surface area contributed by atoms with Crippen LogP contribution in [0.4, 0.5) is 5.69 Å². The summed E-state index contributed by atoms with van der Waals surface area (Å²) < 4.78 is 5.09. The minimum Gasteiger partial charge on any atom is -0.481 e. The molecule has 18 heavy (non-hydrogen) atoms. The van der Waals surface area contributed by atoms with Crippen molar-refractivity contribution in [3.63, 3.8) is 0 Å². The molecule has 1 aromatic heterocycles. The molecule has 1 heterocycles. The lowest BCUT2D eigenvalue weighted by Gasteiger charge is -2.17. The summed E-state index contributed by atoms with van der Waals surface area (Å²) in [5.41, 5.74) is 2.02. The number of methoxy groups -OCH3 is 1. The van der Waals surface area contributed by atoms with E-state index in [1.807, 2.05) is 36.4 Å². The number of hydrogen-bond acceptors (Lipinski definition) is 3. The number of pyridine rings is 1. The number of benzene rings is 1. The van der Waals surface area contributed by atoms with Gasteiger partial charge in [-0.05, 0) is 24.6 Å². The summed E-state index contributed by atoms with van der Waals surface area (Å²) in [7, 11) is 1.60. The Balaban J connectivity index is 2.16. The van der Waals surface area contributed by atoms with Gasteiger partial charge in [-0.1, -0.05) is 29.8 Å². The third kappa shape index (κ3) is 2.93. The first-order valence-corrected chi connectivity index (χ1v) is 6.09. The highest BCUT2D eigenvalue weighted by Gasteiger charge is 2.09. The van der Waals surface area contributed by atoms with Crippen LogP contribution in [0.3, 0.4) is 0 Å². The van der Waals surface area contributed by atoms with Crippen LogP contribution in [0.25, 0.3) is 0 Å². The van der Waals surface area contributed by atoms with Gasteiger partial charge in [-0.3, -0.25) is 0 Å². The van der Waals surface area contributed by atoms with Gasteiger partial charge in [-0.2, -0.15) is 0 Å². The van der Waals surface area contributed by atoms with Crippen LogP contribution in [0.2, 0.25) is 5.02 Å². The largest absolute Gasteiger partial charge is 0.481 e. The number of nitrogens with zero attached hydrogens (tertiary/aromatic N) is 1. The highest BCUT2D eigenvalue weighted by molar-refractivity contribution is 6.31. The Bertz CT molecular complexity index is 531. The normalized spacial score (nSPS) is 11.9. The van der Waals surface area contributed by atoms with Crippen LogP contribution in [-0.4, -0.2) is 12.1 Å². The third-order valence-electron chi connectivity index (χ3n) is 2.70. The van der Waals surface area contributed by atoms with E-state index in [4.69, 9.17) is 16.3 Å². The highest BCUT2D eigenvalue weighted by atomic mass is 35.5. The molecule has 0 aliphatic carbocycles. The minimum absolute atomic E-state index is 0.116. The third-order valence-corrected chi connectivity index (χ3v) is 3.04. The number of halogens is 1. The molecule has 2 aromatic rings. The molecule has 0 fully saturated rings. The Hall–Kier alpha value is -1.74. The highest BCUT2D eigenvalue weighted by Crippen LogP contribution is 2.26. The smallest absolute Gasteiger partial charge is 0.214 e. The molecule has 1 N–H and O–H groups in total. The van der Waals surface area contributed by atoms with E-state index in [1.165, 1.54) is 0 Å². The van der Waals surface area contributed by atoms with Gasteiger partial charge in [0, 0.05) is 29.0 Å². The van der Waals surface area contributed by atoms with Crippen molar-refractivity contribution in [1.82, 2.24) is 4.98 Å². The first-order valence-electron chi connectivity index (χ1n) is 5.71. The Labute approximate surface area is 112 Å². The molecular weight excluding hydrogens is 248 g/mol. The SMILES string of the molecule is COc1cc(NC(C)c2ccccc2Cl)ccn1. The van der Waals surface area contributed by atoms with E-state index in [2.05, 4.69) is 17.2 Å². The van der Waals surface area contributed by atoms with E-state index in [0.29, 0.717) is 5.88 Å². The molecule has 0 saturated carbocycles. The zero-order valence-corrected chi connectivity index (χ0v) is 11.1. The summed E-state index contributed by atoms with van der Waals surface area (Å²) in [6.45, 7) is 2.06. The lowest BCUT2D eigenvalue weighted by atomic mass is 10.1. The lowest BCUT2D eigenvalue weighted by molar-refractivity contribution is 0.398. The van der Waals surface area contributed by atoms with Gasteiger partial charge in [0.25, 0.3) is 0 Å². The lowest BCUT2D eigenvalue weighted by Crippen LogP contribution is -2.07. The van der Waals surface area contributed by atoms with Crippen LogP contribution >= 0.6 is 11.6 Å². The summed E-state index contributed by atoms with van der Waals surface area (Å²) in [6, 6.07) is 11.7. The second kappa shape index (κ2) is 5.74. The predicted molar refractivity (Wildman–Crippen MR) is 74.3 cm³/mol. The average Bonchev–Trinajstić information content (AvgIpc) is 2.39. The van der Waals surface area contributed by atoms with Crippen molar-refractivity contribution in [3.8, 4) is 5.88 Å². The second-order valence-corrected chi connectivity index (χ2v) is 4.38. The van der Waals surface area contributed by atoms with Crippen molar-refractivity contribution in [3.05, 3.63) is 53.2 Å². The Kier molecular flexibility index (Phi) is 4.05. The molecule has 0 bridgehead atoms. The fraction of sp³-hybridized carbons (Fsp3) is 0.214. The van der Waals surface area contributed by atoms with Crippen LogP contribution in [-0.2, 0) is 0 Å². The Morgan fingerprint density at radius 1 is 1.28 bits per heavy atom. The van der Waals surface area contributed by atoms with Crippen molar-refractivity contribution in [2.75, 3.05) is 12.4 Å². The molecule has 0 amide bonds. The minimum atomic E-state index is 0.116. The Morgan fingerprint density at radius 2 is 2.06 bits per heavy atom. The fourth-order valence-corrected chi connectivity index (χ4v) is 2.06. The van der Waals surface area contributed by atoms with E-state index in [9.17, 15) is 0 Å². The molecule has 0 saturated heterocycles. The number of aromatic nitrogens is 1. The first-order chi connectivity index (χ1) is 8.70. The number of anilines is 1. The van der Waals surface area contributed by atoms with E-state index < -0.39 is 0 Å². The van der Waals surface area contributed by atoms with Crippen LogP contribution in [0, 0.1) is 0 Å². The number of hydrogen-bond donors (Lipinski definition) is 1. The average molecular weight is 263 g/mol. The maximum Gasteiger partial charge on any atom is 0.214 e. The van der Waals surface area contributed by atoms with Gasteiger partial charge in [-0.15, -0.1) is 0 Å². The first kappa shape index (κ1) is 12.7. The number of ether oxygens (including phenoxy) is 1. The molecule has 1 aromatic carbocycles. The van der Waals surface area contributed by atoms with Crippen LogP contribution in [0.1, 0.15) is 18.5 Å².